The molecular weight excluding hydrogens is 478 g/mol. The maximum Gasteiger partial charge on any atom is 0.296 e. The molecular formula is C23H14BrN3O3S. The zero-order chi connectivity index (χ0) is 21.4. The van der Waals surface area contributed by atoms with Crippen LogP contribution in [0.4, 0.5) is 0 Å². The summed E-state index contributed by atoms with van der Waals surface area (Å²) in [5.41, 5.74) is 1.33. The van der Waals surface area contributed by atoms with Gasteiger partial charge in [-0.3, -0.25) is 9.59 Å². The van der Waals surface area contributed by atoms with E-state index in [0.717, 1.165) is 26.9 Å². The monoisotopic (exact) mass is 491 g/mol. The topological polar surface area (TPSA) is 77.5 Å². The van der Waals surface area contributed by atoms with Crippen LogP contribution in [0.2, 0.25) is 0 Å². The number of nitrogens with zero attached hydrogens (tertiary/aromatic N) is 3. The average Bonchev–Trinajstić information content (AvgIpc) is 3.35. The number of halogens is 1. The van der Waals surface area contributed by atoms with Gasteiger partial charge >= 0.3 is 0 Å². The van der Waals surface area contributed by atoms with Gasteiger partial charge in [-0.25, -0.2) is 0 Å². The quantitative estimate of drug-likeness (QED) is 0.383. The van der Waals surface area contributed by atoms with Crippen LogP contribution in [0.5, 0.6) is 0 Å². The first-order valence-electron chi connectivity index (χ1n) is 9.41. The predicted octanol–water partition coefficient (Wildman–Crippen LogP) is 3.67. The molecule has 3 aromatic heterocycles. The second kappa shape index (κ2) is 8.05. The molecule has 0 N–H and O–H groups in total. The van der Waals surface area contributed by atoms with E-state index in [-0.39, 0.29) is 16.2 Å². The minimum absolute atomic E-state index is 0.236. The van der Waals surface area contributed by atoms with E-state index in [4.69, 9.17) is 4.42 Å². The number of furan rings is 1. The molecule has 8 heteroatoms. The van der Waals surface area contributed by atoms with Gasteiger partial charge in [0.15, 0.2) is 0 Å². The summed E-state index contributed by atoms with van der Waals surface area (Å²) < 4.78 is 8.42. The van der Waals surface area contributed by atoms with Crippen molar-refractivity contribution >= 4 is 38.3 Å². The first-order valence-corrected chi connectivity index (χ1v) is 11.0. The number of fused-ring (bicyclic) bond motifs is 1. The van der Waals surface area contributed by atoms with Crippen molar-refractivity contribution in [3.63, 3.8) is 0 Å². The van der Waals surface area contributed by atoms with Crippen LogP contribution >= 0.6 is 27.3 Å². The molecule has 0 radical (unpaired) electrons. The van der Waals surface area contributed by atoms with E-state index in [2.05, 4.69) is 26.0 Å². The first-order chi connectivity index (χ1) is 15.1. The van der Waals surface area contributed by atoms with Gasteiger partial charge in [0.25, 0.3) is 11.1 Å². The fourth-order valence-corrected chi connectivity index (χ4v) is 4.48. The normalized spacial score (nSPS) is 12.0. The largest absolute Gasteiger partial charge is 0.457 e. The molecule has 0 aliphatic heterocycles. The van der Waals surface area contributed by atoms with Crippen molar-refractivity contribution in [2.24, 2.45) is 0 Å². The molecule has 0 saturated heterocycles. The lowest BCUT2D eigenvalue weighted by molar-refractivity contribution is 0.571. The number of thiazole rings is 1. The summed E-state index contributed by atoms with van der Waals surface area (Å²) >= 11 is 4.56. The molecule has 0 saturated carbocycles. The Morgan fingerprint density at radius 1 is 1.03 bits per heavy atom. The van der Waals surface area contributed by atoms with E-state index >= 15 is 0 Å². The van der Waals surface area contributed by atoms with Gasteiger partial charge < -0.3 is 4.42 Å². The number of hydrogen-bond donors (Lipinski definition) is 0. The summed E-state index contributed by atoms with van der Waals surface area (Å²) in [6.07, 6.45) is 1.96. The highest BCUT2D eigenvalue weighted by molar-refractivity contribution is 9.10. The van der Waals surface area contributed by atoms with Crippen LogP contribution in [0.3, 0.4) is 0 Å². The third-order valence-electron chi connectivity index (χ3n) is 4.67. The van der Waals surface area contributed by atoms with Gasteiger partial charge in [0.05, 0.1) is 0 Å². The third kappa shape index (κ3) is 3.99. The standard InChI is InChI=1S/C23H14BrN3O3S/c24-16-8-4-7-15(12-16)19-10-9-17(30-19)13-20-22(29)27-23(31-20)25-21(28)18(26-27)11-14-5-2-1-3-6-14/h1-10,12-13H,11H2/b20-13+. The number of hydrogen-bond acceptors (Lipinski definition) is 6. The Morgan fingerprint density at radius 3 is 2.68 bits per heavy atom. The molecule has 0 atom stereocenters. The van der Waals surface area contributed by atoms with Gasteiger partial charge in [0, 0.05) is 22.5 Å². The van der Waals surface area contributed by atoms with E-state index in [1.54, 1.807) is 12.1 Å². The van der Waals surface area contributed by atoms with Gasteiger partial charge in [0.2, 0.25) is 4.96 Å². The fraction of sp³-hybridized carbons (Fsp3) is 0.0435. The Balaban J connectivity index is 1.54. The minimum atomic E-state index is -0.424. The van der Waals surface area contributed by atoms with Crippen molar-refractivity contribution in [1.29, 1.82) is 0 Å². The molecule has 6 nitrogen and oxygen atoms in total. The number of aromatic nitrogens is 3. The van der Waals surface area contributed by atoms with E-state index in [9.17, 15) is 9.59 Å². The van der Waals surface area contributed by atoms with Crippen LogP contribution in [0.15, 0.2) is 85.2 Å². The molecule has 2 aromatic carbocycles. The zero-order valence-corrected chi connectivity index (χ0v) is 18.4. The van der Waals surface area contributed by atoms with Gasteiger partial charge in [-0.1, -0.05) is 69.7 Å². The van der Waals surface area contributed by atoms with Gasteiger partial charge in [-0.15, -0.1) is 0 Å². The van der Waals surface area contributed by atoms with Crippen LogP contribution in [-0.2, 0) is 6.42 Å². The third-order valence-corrected chi connectivity index (χ3v) is 6.13. The second-order valence-corrected chi connectivity index (χ2v) is 8.77. The molecule has 5 rings (SSSR count). The van der Waals surface area contributed by atoms with Crippen molar-refractivity contribution in [1.82, 2.24) is 14.6 Å². The van der Waals surface area contributed by atoms with Crippen molar-refractivity contribution in [2.45, 2.75) is 6.42 Å². The summed E-state index contributed by atoms with van der Waals surface area (Å²) in [5.74, 6) is 1.23. The Kier molecular flexibility index (Phi) is 5.09. The highest BCUT2D eigenvalue weighted by Crippen LogP contribution is 2.25. The van der Waals surface area contributed by atoms with Crippen LogP contribution in [0.25, 0.3) is 22.4 Å². The lowest BCUT2D eigenvalue weighted by atomic mass is 10.1. The van der Waals surface area contributed by atoms with E-state index in [1.807, 2.05) is 60.7 Å². The molecule has 0 bridgehead atoms. The van der Waals surface area contributed by atoms with Gasteiger partial charge in [-0.2, -0.15) is 14.6 Å². The Hall–Kier alpha value is -3.36. The Labute approximate surface area is 188 Å². The molecule has 152 valence electrons. The fourth-order valence-electron chi connectivity index (χ4n) is 3.20. The van der Waals surface area contributed by atoms with E-state index in [1.165, 1.54) is 4.52 Å². The van der Waals surface area contributed by atoms with Crippen molar-refractivity contribution in [3.05, 3.63) is 113 Å². The van der Waals surface area contributed by atoms with Crippen LogP contribution < -0.4 is 15.7 Å². The molecule has 0 unspecified atom stereocenters. The van der Waals surface area contributed by atoms with Gasteiger partial charge in [0.1, 0.15) is 21.7 Å². The molecule has 0 aliphatic carbocycles. The highest BCUT2D eigenvalue weighted by Gasteiger charge is 2.12. The van der Waals surface area contributed by atoms with Crippen molar-refractivity contribution in [3.8, 4) is 11.3 Å². The van der Waals surface area contributed by atoms with E-state index < -0.39 is 5.56 Å². The average molecular weight is 492 g/mol. The molecule has 0 amide bonds. The molecule has 0 aliphatic rings. The van der Waals surface area contributed by atoms with Crippen LogP contribution in [0, 0.1) is 0 Å². The molecule has 31 heavy (non-hydrogen) atoms. The molecule has 0 fully saturated rings. The van der Waals surface area contributed by atoms with Crippen molar-refractivity contribution < 1.29 is 4.42 Å². The first kappa shape index (κ1) is 19.6. The van der Waals surface area contributed by atoms with E-state index in [0.29, 0.717) is 22.5 Å². The summed E-state index contributed by atoms with van der Waals surface area (Å²) in [5, 5.41) is 4.28. The summed E-state index contributed by atoms with van der Waals surface area (Å²) in [4.78, 5) is 29.6. The molecule has 5 aromatic rings. The zero-order valence-electron chi connectivity index (χ0n) is 16.0. The maximum absolute atomic E-state index is 12.9. The van der Waals surface area contributed by atoms with Gasteiger partial charge in [-0.05, 0) is 29.8 Å². The SMILES string of the molecule is O=c1nc2s/c(=C/c3ccc(-c4cccc(Br)c4)o3)c(=O)n2nc1Cc1ccccc1. The number of benzene rings is 2. The number of rotatable bonds is 4. The second-order valence-electron chi connectivity index (χ2n) is 6.85. The Bertz CT molecular complexity index is 1570. The van der Waals surface area contributed by atoms with Crippen LogP contribution in [0.1, 0.15) is 17.0 Å². The van der Waals surface area contributed by atoms with Crippen molar-refractivity contribution in [2.75, 3.05) is 0 Å². The summed E-state index contributed by atoms with van der Waals surface area (Å²) in [6, 6.07) is 20.9. The maximum atomic E-state index is 12.9. The molecule has 3 heterocycles. The minimum Gasteiger partial charge on any atom is -0.457 e. The van der Waals surface area contributed by atoms with Crippen LogP contribution in [-0.4, -0.2) is 14.6 Å². The lowest BCUT2D eigenvalue weighted by Gasteiger charge is -1.99. The lowest BCUT2D eigenvalue weighted by Crippen LogP contribution is -2.28. The highest BCUT2D eigenvalue weighted by atomic mass is 79.9. The Morgan fingerprint density at radius 2 is 1.87 bits per heavy atom. The summed E-state index contributed by atoms with van der Waals surface area (Å²) in [7, 11) is 0. The predicted molar refractivity (Wildman–Crippen MR) is 123 cm³/mol. The molecule has 0 spiro atoms. The smallest absolute Gasteiger partial charge is 0.296 e. The summed E-state index contributed by atoms with van der Waals surface area (Å²) in [6.45, 7) is 0.